The molecule has 0 saturated carbocycles. The molecule has 0 atom stereocenters. The Morgan fingerprint density at radius 3 is 1.59 bits per heavy atom. The average molecular weight is 1070 g/mol. The predicted octanol–water partition coefficient (Wildman–Crippen LogP) is 14.9. The van der Waals surface area contributed by atoms with Crippen LogP contribution in [0.1, 0.15) is 81.3 Å². The largest absolute Gasteiger partial charge is 0.147 e. The van der Waals surface area contributed by atoms with Crippen molar-refractivity contribution in [1.29, 1.82) is 0 Å². The van der Waals surface area contributed by atoms with Crippen LogP contribution in [0.3, 0.4) is 0 Å². The van der Waals surface area contributed by atoms with Crippen LogP contribution in [0, 0.1) is 0 Å². The first-order chi connectivity index (χ1) is 25.9. The van der Waals surface area contributed by atoms with Crippen LogP contribution in [0.2, 0.25) is 0 Å². The van der Waals surface area contributed by atoms with Crippen molar-refractivity contribution in [3.05, 3.63) is 191 Å². The molecule has 0 radical (unpaired) electrons. The van der Waals surface area contributed by atoms with Gasteiger partial charge in [-0.3, -0.25) is 0 Å². The smallest absolute Gasteiger partial charge is 0.147 e. The number of halogens is 4. The Labute approximate surface area is 370 Å². The number of hydrogen-bond donors (Lipinski definition) is 0. The summed E-state index contributed by atoms with van der Waals surface area (Å²) in [6, 6.07) is 48.4. The number of hydrogen-bond acceptors (Lipinski definition) is 0. The van der Waals surface area contributed by atoms with Gasteiger partial charge >= 0.3 is 349 Å². The first-order valence-corrected chi connectivity index (χ1v) is 26.0. The molecule has 6 aromatic carbocycles. The third-order valence-corrected chi connectivity index (χ3v) is 23.3. The molecule has 0 aliphatic heterocycles. The molecule has 0 spiro atoms. The summed E-state index contributed by atoms with van der Waals surface area (Å²) in [4.78, 5) is 0. The van der Waals surface area contributed by atoms with E-state index in [-0.39, 0.29) is 35.6 Å². The molecule has 0 unspecified atom stereocenters. The molecule has 0 N–H and O–H groups in total. The van der Waals surface area contributed by atoms with Crippen LogP contribution in [0.4, 0.5) is 0 Å². The van der Waals surface area contributed by atoms with Crippen LogP contribution < -0.4 is 3.32 Å². The molecule has 8 rings (SSSR count). The minimum absolute atomic E-state index is 0. The van der Waals surface area contributed by atoms with E-state index in [0.717, 1.165) is 21.8 Å². The summed E-state index contributed by atoms with van der Waals surface area (Å²) in [6.07, 6.45) is 9.14. The van der Waals surface area contributed by atoms with E-state index in [1.807, 2.05) is 0 Å². The van der Waals surface area contributed by atoms with E-state index in [9.17, 15) is 0 Å². The molecule has 284 valence electrons. The zero-order valence-electron chi connectivity index (χ0n) is 32.8. The summed E-state index contributed by atoms with van der Waals surface area (Å²) in [6.45, 7) is 14.3. The first-order valence-electron chi connectivity index (χ1n) is 19.0. The molecule has 2 aliphatic rings. The van der Waals surface area contributed by atoms with Crippen molar-refractivity contribution < 1.29 is 21.0 Å². The van der Waals surface area contributed by atoms with Gasteiger partial charge in [-0.2, -0.15) is 0 Å². The maximum Gasteiger partial charge on any atom is -0.147 e. The summed E-state index contributed by atoms with van der Waals surface area (Å²) in [5.74, 6) is 0. The SMILES string of the molecule is CC(C)(C)c1cc2c(cc1-c1ccccc1)Cc1c-2cc(C(C)(C)C)c(-c2ccccc2)[c]1[Hf]([C]1=CC=CC1)=[C](c1ccc(Br)cc1)c1ccc(Br)cc1.Cl.Cl. The fraction of sp³-hybridized carbons (Fsp3) is 0.196. The third kappa shape index (κ3) is 8.32. The molecule has 5 heteroatoms. The van der Waals surface area contributed by atoms with E-state index in [2.05, 4.69) is 219 Å². The number of allylic oxidation sites excluding steroid dienone is 4. The maximum atomic E-state index is 3.76. The molecular formula is C51H48Br2Cl2Hf. The first kappa shape index (κ1) is 42.7. The van der Waals surface area contributed by atoms with E-state index in [1.54, 1.807) is 15.5 Å². The van der Waals surface area contributed by atoms with E-state index < -0.39 is 21.0 Å². The van der Waals surface area contributed by atoms with Crippen LogP contribution in [0.25, 0.3) is 33.4 Å². The molecule has 0 saturated heterocycles. The van der Waals surface area contributed by atoms with Gasteiger partial charge in [0.2, 0.25) is 0 Å². The Morgan fingerprint density at radius 1 is 0.571 bits per heavy atom. The Hall–Kier alpha value is -2.92. The van der Waals surface area contributed by atoms with Gasteiger partial charge < -0.3 is 0 Å². The normalized spacial score (nSPS) is 13.0. The molecule has 0 fully saturated rings. The second kappa shape index (κ2) is 17.1. The molecule has 0 nitrogen and oxygen atoms in total. The Balaban J connectivity index is 0.00000266. The van der Waals surface area contributed by atoms with E-state index >= 15 is 0 Å². The summed E-state index contributed by atoms with van der Waals surface area (Å²) < 4.78 is 7.06. The van der Waals surface area contributed by atoms with Crippen molar-refractivity contribution >= 4 is 63.2 Å². The van der Waals surface area contributed by atoms with Crippen molar-refractivity contribution in [3.63, 3.8) is 0 Å². The minimum Gasteiger partial charge on any atom is -0.147 e. The zero-order chi connectivity index (χ0) is 37.8. The fourth-order valence-corrected chi connectivity index (χ4v) is 21.3. The number of benzene rings is 6. The van der Waals surface area contributed by atoms with Gasteiger partial charge in [0.15, 0.2) is 0 Å². The van der Waals surface area contributed by atoms with Gasteiger partial charge in [0, 0.05) is 0 Å². The Morgan fingerprint density at radius 2 is 1.09 bits per heavy atom. The Bertz CT molecular complexity index is 2430. The monoisotopic (exact) mass is 1070 g/mol. The third-order valence-electron chi connectivity index (χ3n) is 11.0. The van der Waals surface area contributed by atoms with Gasteiger partial charge in [-0.1, -0.05) is 0 Å². The summed E-state index contributed by atoms with van der Waals surface area (Å²) in [5.41, 5.74) is 16.7. The van der Waals surface area contributed by atoms with Crippen molar-refractivity contribution in [3.8, 4) is 33.4 Å². The van der Waals surface area contributed by atoms with E-state index in [4.69, 9.17) is 0 Å². The van der Waals surface area contributed by atoms with Gasteiger partial charge in [-0.05, 0) is 0 Å². The van der Waals surface area contributed by atoms with Gasteiger partial charge in [0.1, 0.15) is 0 Å². The second-order valence-electron chi connectivity index (χ2n) is 16.8. The van der Waals surface area contributed by atoms with Crippen molar-refractivity contribution in [2.24, 2.45) is 0 Å². The quantitative estimate of drug-likeness (QED) is 0.146. The molecule has 0 bridgehead atoms. The molecular weight excluding hydrogens is 1020 g/mol. The van der Waals surface area contributed by atoms with E-state index in [1.165, 1.54) is 61.2 Å². The standard InChI is InChI=1S/C33H33.C13H8Br2.C5H5.2ClH.Hf/c1-32(2,3)30-20-26-24(18-28(30)22-13-9-7-10-14-22)17-25-19-29(23-15-11-8-12-16-23)31(21-27(25)26)33(4,5)6;14-12-5-1-10(2-6-12)9-11-3-7-13(15)8-4-11;1-2-4-5-3-1;;;/h7-16,18,20-21H,17H2,1-6H3;1-8H;1-3H,4H2;2*1H;. The molecule has 0 aromatic heterocycles. The maximum absolute atomic E-state index is 3.76. The van der Waals surface area contributed by atoms with Crippen molar-refractivity contribution in [1.82, 2.24) is 0 Å². The van der Waals surface area contributed by atoms with Gasteiger partial charge in [-0.15, -0.1) is 24.8 Å². The second-order valence-corrected chi connectivity index (χ2v) is 27.2. The van der Waals surface area contributed by atoms with Gasteiger partial charge in [-0.25, -0.2) is 0 Å². The van der Waals surface area contributed by atoms with E-state index in [0.29, 0.717) is 0 Å². The molecule has 56 heavy (non-hydrogen) atoms. The minimum atomic E-state index is -3.32. The predicted molar refractivity (Wildman–Crippen MR) is 250 cm³/mol. The molecule has 2 aliphatic carbocycles. The van der Waals surface area contributed by atoms with Crippen LogP contribution in [0.5, 0.6) is 0 Å². The topological polar surface area (TPSA) is 0 Å². The summed E-state index contributed by atoms with van der Waals surface area (Å²) in [5, 5.41) is 0. The van der Waals surface area contributed by atoms with Crippen LogP contribution in [-0.2, 0) is 38.2 Å². The molecule has 0 amide bonds. The van der Waals surface area contributed by atoms with Crippen LogP contribution in [0.15, 0.2) is 158 Å². The zero-order valence-corrected chi connectivity index (χ0v) is 41.2. The Kier molecular flexibility index (Phi) is 13.1. The fourth-order valence-electron chi connectivity index (χ4n) is 8.40. The average Bonchev–Trinajstić information content (AvgIpc) is 3.82. The van der Waals surface area contributed by atoms with Crippen LogP contribution in [-0.4, -0.2) is 3.26 Å². The molecule has 6 aromatic rings. The number of rotatable bonds is 6. The van der Waals surface area contributed by atoms with Crippen molar-refractivity contribution in [2.45, 2.75) is 65.2 Å². The summed E-state index contributed by atoms with van der Waals surface area (Å²) in [7, 11) is 0. The number of fused-ring (bicyclic) bond motifs is 3. The summed E-state index contributed by atoms with van der Waals surface area (Å²) >= 11 is 4.20. The van der Waals surface area contributed by atoms with Crippen LogP contribution >= 0.6 is 56.7 Å². The van der Waals surface area contributed by atoms with Gasteiger partial charge in [0.25, 0.3) is 0 Å². The van der Waals surface area contributed by atoms with Gasteiger partial charge in [0.05, 0.1) is 0 Å². The molecule has 0 heterocycles. The van der Waals surface area contributed by atoms with Crippen molar-refractivity contribution in [2.75, 3.05) is 0 Å².